The summed E-state index contributed by atoms with van der Waals surface area (Å²) in [4.78, 5) is 22.7. The van der Waals surface area contributed by atoms with Crippen molar-refractivity contribution in [3.63, 3.8) is 0 Å². The zero-order chi connectivity index (χ0) is 15.4. The summed E-state index contributed by atoms with van der Waals surface area (Å²) in [5.41, 5.74) is -1.41. The second-order valence-corrected chi connectivity index (χ2v) is 7.24. The molecule has 0 aliphatic rings. The van der Waals surface area contributed by atoms with Crippen molar-refractivity contribution in [1.82, 2.24) is 10.0 Å². The Morgan fingerprint density at radius 1 is 1.45 bits per heavy atom. The van der Waals surface area contributed by atoms with E-state index in [4.69, 9.17) is 5.11 Å². The number of nitrogens with one attached hydrogen (secondary N) is 2. The van der Waals surface area contributed by atoms with Crippen LogP contribution in [0.4, 0.5) is 0 Å². The first-order valence-electron chi connectivity index (χ1n) is 5.79. The van der Waals surface area contributed by atoms with Crippen molar-refractivity contribution in [2.45, 2.75) is 30.0 Å². The average Bonchev–Trinajstić information content (AvgIpc) is 2.90. The van der Waals surface area contributed by atoms with Gasteiger partial charge in [-0.05, 0) is 24.8 Å². The molecule has 1 aromatic rings. The van der Waals surface area contributed by atoms with Crippen molar-refractivity contribution >= 4 is 33.2 Å². The van der Waals surface area contributed by atoms with Gasteiger partial charge < -0.3 is 10.4 Å². The molecule has 0 radical (unpaired) electrons. The number of hydrogen-bond donors (Lipinski definition) is 3. The van der Waals surface area contributed by atoms with E-state index in [0.29, 0.717) is 0 Å². The number of sulfonamides is 1. The lowest BCUT2D eigenvalue weighted by atomic mass is 9.99. The quantitative estimate of drug-likeness (QED) is 0.673. The molecular formula is C11H16N2O5S2. The molecule has 1 unspecified atom stereocenters. The average molecular weight is 320 g/mol. The minimum Gasteiger partial charge on any atom is -0.480 e. The highest BCUT2D eigenvalue weighted by Crippen LogP contribution is 2.15. The zero-order valence-electron chi connectivity index (χ0n) is 11.0. The SMILES string of the molecule is CCC(C)(NC(=O)CNS(=O)(=O)c1cccs1)C(=O)O. The van der Waals surface area contributed by atoms with Gasteiger partial charge in [-0.15, -0.1) is 11.3 Å². The number of carbonyl (C=O) groups is 2. The fraction of sp³-hybridized carbons (Fsp3) is 0.455. The van der Waals surface area contributed by atoms with Gasteiger partial charge in [-0.25, -0.2) is 17.9 Å². The Morgan fingerprint density at radius 3 is 2.55 bits per heavy atom. The van der Waals surface area contributed by atoms with E-state index in [-0.39, 0.29) is 10.6 Å². The molecule has 0 aromatic carbocycles. The molecule has 0 bridgehead atoms. The first kappa shape index (κ1) is 16.6. The largest absolute Gasteiger partial charge is 0.480 e. The molecule has 1 aromatic heterocycles. The van der Waals surface area contributed by atoms with Gasteiger partial charge in [0.15, 0.2) is 0 Å². The third kappa shape index (κ3) is 4.02. The summed E-state index contributed by atoms with van der Waals surface area (Å²) >= 11 is 1.03. The third-order valence-corrected chi connectivity index (χ3v) is 5.58. The van der Waals surface area contributed by atoms with Crippen LogP contribution in [0.5, 0.6) is 0 Å². The van der Waals surface area contributed by atoms with Gasteiger partial charge in [-0.2, -0.15) is 0 Å². The Labute approximate surface area is 121 Å². The normalized spacial score (nSPS) is 14.5. The van der Waals surface area contributed by atoms with E-state index in [1.54, 1.807) is 18.4 Å². The third-order valence-electron chi connectivity index (χ3n) is 2.78. The molecular weight excluding hydrogens is 304 g/mol. The van der Waals surface area contributed by atoms with Crippen LogP contribution in [0.15, 0.2) is 21.7 Å². The van der Waals surface area contributed by atoms with Crippen molar-refractivity contribution in [3.8, 4) is 0 Å². The highest BCUT2D eigenvalue weighted by atomic mass is 32.2. The number of hydrogen-bond acceptors (Lipinski definition) is 5. The molecule has 7 nitrogen and oxygen atoms in total. The lowest BCUT2D eigenvalue weighted by Crippen LogP contribution is -2.54. The van der Waals surface area contributed by atoms with E-state index in [0.717, 1.165) is 11.3 Å². The van der Waals surface area contributed by atoms with Gasteiger partial charge in [-0.1, -0.05) is 13.0 Å². The van der Waals surface area contributed by atoms with Gasteiger partial charge in [0, 0.05) is 0 Å². The molecule has 0 aliphatic heterocycles. The van der Waals surface area contributed by atoms with Crippen LogP contribution in [0, 0.1) is 0 Å². The Hall–Kier alpha value is -1.45. The van der Waals surface area contributed by atoms with Gasteiger partial charge >= 0.3 is 5.97 Å². The van der Waals surface area contributed by atoms with E-state index in [1.165, 1.54) is 13.0 Å². The fourth-order valence-electron chi connectivity index (χ4n) is 1.29. The van der Waals surface area contributed by atoms with Crippen LogP contribution in [0.3, 0.4) is 0 Å². The molecule has 0 fully saturated rings. The first-order valence-corrected chi connectivity index (χ1v) is 8.15. The van der Waals surface area contributed by atoms with Crippen molar-refractivity contribution in [3.05, 3.63) is 17.5 Å². The van der Waals surface area contributed by atoms with E-state index < -0.39 is 34.0 Å². The molecule has 1 heterocycles. The van der Waals surface area contributed by atoms with Crippen LogP contribution in [0.25, 0.3) is 0 Å². The summed E-state index contributed by atoms with van der Waals surface area (Å²) in [5, 5.41) is 12.9. The molecule has 3 N–H and O–H groups in total. The lowest BCUT2D eigenvalue weighted by Gasteiger charge is -2.24. The first-order chi connectivity index (χ1) is 9.21. The van der Waals surface area contributed by atoms with Crippen molar-refractivity contribution in [2.24, 2.45) is 0 Å². The summed E-state index contributed by atoms with van der Waals surface area (Å²) in [6.07, 6.45) is 0.186. The monoisotopic (exact) mass is 320 g/mol. The van der Waals surface area contributed by atoms with Crippen LogP contribution in [-0.4, -0.2) is 37.5 Å². The predicted octanol–water partition coefficient (Wildman–Crippen LogP) is 0.396. The van der Waals surface area contributed by atoms with E-state index in [2.05, 4.69) is 10.0 Å². The van der Waals surface area contributed by atoms with Crippen molar-refractivity contribution in [2.75, 3.05) is 6.54 Å². The van der Waals surface area contributed by atoms with Crippen LogP contribution in [-0.2, 0) is 19.6 Å². The molecule has 0 spiro atoms. The molecule has 9 heteroatoms. The predicted molar refractivity (Wildman–Crippen MR) is 74.0 cm³/mol. The minimum atomic E-state index is -3.73. The number of carbonyl (C=O) groups excluding carboxylic acids is 1. The van der Waals surface area contributed by atoms with Crippen LogP contribution in [0.2, 0.25) is 0 Å². The number of aliphatic carboxylic acids is 1. The maximum absolute atomic E-state index is 11.8. The Bertz CT molecular complexity index is 582. The Kier molecular flexibility index (Phi) is 5.26. The number of carboxylic acid groups (broad SMARTS) is 1. The van der Waals surface area contributed by atoms with Crippen LogP contribution < -0.4 is 10.0 Å². The van der Waals surface area contributed by atoms with Gasteiger partial charge in [0.1, 0.15) is 9.75 Å². The highest BCUT2D eigenvalue weighted by Gasteiger charge is 2.32. The summed E-state index contributed by atoms with van der Waals surface area (Å²) in [5.74, 6) is -1.87. The molecule has 112 valence electrons. The summed E-state index contributed by atoms with van der Waals surface area (Å²) < 4.78 is 25.8. The highest BCUT2D eigenvalue weighted by molar-refractivity contribution is 7.91. The summed E-state index contributed by atoms with van der Waals surface area (Å²) in [6.45, 7) is 2.47. The van der Waals surface area contributed by atoms with Crippen molar-refractivity contribution in [1.29, 1.82) is 0 Å². The second kappa shape index (κ2) is 6.33. The molecule has 1 atom stereocenters. The maximum atomic E-state index is 11.8. The lowest BCUT2D eigenvalue weighted by molar-refractivity contribution is -0.146. The van der Waals surface area contributed by atoms with Crippen molar-refractivity contribution < 1.29 is 23.1 Å². The van der Waals surface area contributed by atoms with Gasteiger partial charge in [0.05, 0.1) is 6.54 Å². The summed E-state index contributed by atoms with van der Waals surface area (Å²) in [7, 11) is -3.73. The zero-order valence-corrected chi connectivity index (χ0v) is 12.7. The van der Waals surface area contributed by atoms with Gasteiger partial charge in [0.25, 0.3) is 10.0 Å². The molecule has 1 amide bonds. The molecule has 0 saturated carbocycles. The fourth-order valence-corrected chi connectivity index (χ4v) is 3.31. The Balaban J connectivity index is 2.63. The van der Waals surface area contributed by atoms with E-state index in [1.807, 2.05) is 0 Å². The van der Waals surface area contributed by atoms with Crippen LogP contribution >= 0.6 is 11.3 Å². The van der Waals surface area contributed by atoms with E-state index in [9.17, 15) is 18.0 Å². The number of rotatable bonds is 7. The molecule has 20 heavy (non-hydrogen) atoms. The maximum Gasteiger partial charge on any atom is 0.329 e. The Morgan fingerprint density at radius 2 is 2.10 bits per heavy atom. The topological polar surface area (TPSA) is 113 Å². The molecule has 1 rings (SSSR count). The smallest absolute Gasteiger partial charge is 0.329 e. The van der Waals surface area contributed by atoms with Crippen LogP contribution in [0.1, 0.15) is 20.3 Å². The molecule has 0 saturated heterocycles. The number of carboxylic acids is 1. The van der Waals surface area contributed by atoms with E-state index >= 15 is 0 Å². The minimum absolute atomic E-state index is 0.0989. The summed E-state index contributed by atoms with van der Waals surface area (Å²) in [6, 6.07) is 3.00. The number of thiophene rings is 1. The van der Waals surface area contributed by atoms with Gasteiger partial charge in [-0.3, -0.25) is 4.79 Å². The standard InChI is InChI=1S/C11H16N2O5S2/c1-3-11(2,10(15)16)13-8(14)7-12-20(17,18)9-5-4-6-19-9/h4-6,12H,3,7H2,1-2H3,(H,13,14)(H,15,16). The number of amides is 1. The van der Waals surface area contributed by atoms with Gasteiger partial charge in [0.2, 0.25) is 5.91 Å². The molecule has 0 aliphatic carbocycles. The second-order valence-electron chi connectivity index (χ2n) is 4.30.